The molecule has 3 aromatic rings. The summed E-state index contributed by atoms with van der Waals surface area (Å²) in [4.78, 5) is 18.6. The summed E-state index contributed by atoms with van der Waals surface area (Å²) >= 11 is 1.61. The quantitative estimate of drug-likeness (QED) is 0.342. The van der Waals surface area contributed by atoms with Crippen LogP contribution in [0.1, 0.15) is 51.7 Å². The molecule has 1 aliphatic rings. The average Bonchev–Trinajstić information content (AvgIpc) is 3.16. The van der Waals surface area contributed by atoms with Crippen LogP contribution in [0.5, 0.6) is 5.75 Å². The summed E-state index contributed by atoms with van der Waals surface area (Å²) in [6.07, 6.45) is 6.00. The Morgan fingerprint density at radius 2 is 1.83 bits per heavy atom. The Labute approximate surface area is 181 Å². The van der Waals surface area contributed by atoms with Gasteiger partial charge in [-0.05, 0) is 55.9 Å². The summed E-state index contributed by atoms with van der Waals surface area (Å²) in [5, 5.41) is 0.734. The van der Waals surface area contributed by atoms with Gasteiger partial charge in [0.05, 0.1) is 12.2 Å². The number of carbonyl (C=O) groups excluding carboxylic acids is 1. The highest BCUT2D eigenvalue weighted by Gasteiger charge is 2.26. The maximum atomic E-state index is 12.6. The van der Waals surface area contributed by atoms with E-state index in [1.807, 2.05) is 61.5 Å². The standard InChI is InChI=1S/C25H25NO3S/c1-2-28-25(27)23-20-13-7-9-15-22(20)30-24(23)26-16-19-12-6-8-14-21(19)29-17-18-10-4-3-5-11-18/h3-6,8,10-12,14,16H,2,7,9,13,15,17H2,1H3. The van der Waals surface area contributed by atoms with E-state index in [-0.39, 0.29) is 5.97 Å². The van der Waals surface area contributed by atoms with Crippen LogP contribution in [0.15, 0.2) is 59.6 Å². The number of aryl methyl sites for hydroxylation is 1. The Morgan fingerprint density at radius 1 is 1.07 bits per heavy atom. The fourth-order valence-corrected chi connectivity index (χ4v) is 4.86. The topological polar surface area (TPSA) is 47.9 Å². The van der Waals surface area contributed by atoms with E-state index in [4.69, 9.17) is 14.5 Å². The summed E-state index contributed by atoms with van der Waals surface area (Å²) < 4.78 is 11.4. The summed E-state index contributed by atoms with van der Waals surface area (Å²) in [7, 11) is 0. The van der Waals surface area contributed by atoms with Crippen molar-refractivity contribution in [1.29, 1.82) is 0 Å². The molecule has 1 aromatic heterocycles. The van der Waals surface area contributed by atoms with E-state index in [1.54, 1.807) is 17.6 Å². The number of fused-ring (bicyclic) bond motifs is 1. The zero-order valence-electron chi connectivity index (χ0n) is 17.1. The van der Waals surface area contributed by atoms with E-state index < -0.39 is 0 Å². The molecule has 0 radical (unpaired) electrons. The van der Waals surface area contributed by atoms with Gasteiger partial charge in [-0.2, -0.15) is 0 Å². The number of ether oxygens (including phenoxy) is 2. The molecule has 1 aliphatic carbocycles. The van der Waals surface area contributed by atoms with Crippen LogP contribution in [0, 0.1) is 0 Å². The number of hydrogen-bond acceptors (Lipinski definition) is 5. The van der Waals surface area contributed by atoms with E-state index >= 15 is 0 Å². The molecule has 0 amide bonds. The van der Waals surface area contributed by atoms with Crippen LogP contribution >= 0.6 is 11.3 Å². The first kappa shape index (κ1) is 20.4. The maximum absolute atomic E-state index is 12.6. The number of esters is 1. The second-order valence-corrected chi connectivity index (χ2v) is 8.27. The summed E-state index contributed by atoms with van der Waals surface area (Å²) in [6, 6.07) is 17.9. The van der Waals surface area contributed by atoms with Gasteiger partial charge in [-0.1, -0.05) is 42.5 Å². The molecule has 0 fully saturated rings. The van der Waals surface area contributed by atoms with Crippen molar-refractivity contribution < 1.29 is 14.3 Å². The summed E-state index contributed by atoms with van der Waals surface area (Å²) in [5.74, 6) is 0.502. The number of hydrogen-bond donors (Lipinski definition) is 0. The van der Waals surface area contributed by atoms with Gasteiger partial charge in [-0.15, -0.1) is 11.3 Å². The summed E-state index contributed by atoms with van der Waals surface area (Å²) in [6.45, 7) is 2.69. The van der Waals surface area contributed by atoms with Crippen molar-refractivity contribution in [3.63, 3.8) is 0 Å². The minimum absolute atomic E-state index is 0.266. The van der Waals surface area contributed by atoms with E-state index in [0.717, 1.165) is 53.1 Å². The molecule has 5 heteroatoms. The SMILES string of the molecule is CCOC(=O)c1c(N=Cc2ccccc2OCc2ccccc2)sc2c1CCCC2. The first-order valence-electron chi connectivity index (χ1n) is 10.4. The van der Waals surface area contributed by atoms with Crippen LogP contribution < -0.4 is 4.74 Å². The average molecular weight is 420 g/mol. The normalized spacial score (nSPS) is 13.2. The van der Waals surface area contributed by atoms with Gasteiger partial charge in [0.2, 0.25) is 0 Å². The lowest BCUT2D eigenvalue weighted by atomic mass is 9.95. The van der Waals surface area contributed by atoms with Crippen LogP contribution in [0.25, 0.3) is 0 Å². The van der Waals surface area contributed by atoms with Crippen molar-refractivity contribution in [2.75, 3.05) is 6.61 Å². The van der Waals surface area contributed by atoms with Crippen LogP contribution in [0.3, 0.4) is 0 Å². The van der Waals surface area contributed by atoms with Gasteiger partial charge in [0.1, 0.15) is 17.4 Å². The van der Waals surface area contributed by atoms with Gasteiger partial charge >= 0.3 is 5.97 Å². The van der Waals surface area contributed by atoms with Gasteiger partial charge in [0.25, 0.3) is 0 Å². The third-order valence-corrected chi connectivity index (χ3v) is 6.31. The lowest BCUT2D eigenvalue weighted by Gasteiger charge is -2.11. The maximum Gasteiger partial charge on any atom is 0.341 e. The van der Waals surface area contributed by atoms with Gasteiger partial charge in [-0.3, -0.25) is 0 Å². The molecule has 4 nitrogen and oxygen atoms in total. The van der Waals surface area contributed by atoms with Crippen molar-refractivity contribution in [2.24, 2.45) is 4.99 Å². The molecule has 0 N–H and O–H groups in total. The number of benzene rings is 2. The van der Waals surface area contributed by atoms with E-state index in [0.29, 0.717) is 18.8 Å². The van der Waals surface area contributed by atoms with Crippen LogP contribution in [0.4, 0.5) is 5.00 Å². The molecular formula is C25H25NO3S. The van der Waals surface area contributed by atoms with Crippen molar-refractivity contribution in [2.45, 2.75) is 39.2 Å². The van der Waals surface area contributed by atoms with E-state index in [1.165, 1.54) is 4.88 Å². The highest BCUT2D eigenvalue weighted by atomic mass is 32.1. The molecular weight excluding hydrogens is 394 g/mol. The molecule has 0 atom stereocenters. The van der Waals surface area contributed by atoms with Crippen LogP contribution in [0.2, 0.25) is 0 Å². The van der Waals surface area contributed by atoms with Crippen molar-refractivity contribution in [3.8, 4) is 5.75 Å². The van der Waals surface area contributed by atoms with E-state index in [2.05, 4.69) is 0 Å². The van der Waals surface area contributed by atoms with E-state index in [9.17, 15) is 4.79 Å². The highest BCUT2D eigenvalue weighted by Crippen LogP contribution is 2.40. The summed E-state index contributed by atoms with van der Waals surface area (Å²) in [5.41, 5.74) is 3.77. The molecule has 0 unspecified atom stereocenters. The number of thiophene rings is 1. The molecule has 1 heterocycles. The largest absolute Gasteiger partial charge is 0.488 e. The zero-order chi connectivity index (χ0) is 20.8. The number of carbonyl (C=O) groups is 1. The highest BCUT2D eigenvalue weighted by molar-refractivity contribution is 7.16. The molecule has 2 aromatic carbocycles. The van der Waals surface area contributed by atoms with Crippen LogP contribution in [-0.2, 0) is 24.2 Å². The molecule has 0 saturated carbocycles. The van der Waals surface area contributed by atoms with Crippen molar-refractivity contribution >= 4 is 28.5 Å². The molecule has 4 rings (SSSR count). The molecule has 0 saturated heterocycles. The fourth-order valence-electron chi connectivity index (χ4n) is 3.64. The Hall–Kier alpha value is -2.92. The zero-order valence-corrected chi connectivity index (χ0v) is 17.9. The minimum Gasteiger partial charge on any atom is -0.488 e. The Kier molecular flexibility index (Phi) is 6.60. The Bertz CT molecular complexity index is 1040. The second-order valence-electron chi connectivity index (χ2n) is 7.18. The van der Waals surface area contributed by atoms with Gasteiger partial charge in [-0.25, -0.2) is 9.79 Å². The Balaban J connectivity index is 1.60. The number of para-hydroxylation sites is 1. The predicted molar refractivity (Wildman–Crippen MR) is 121 cm³/mol. The molecule has 0 bridgehead atoms. The Morgan fingerprint density at radius 3 is 2.67 bits per heavy atom. The molecule has 30 heavy (non-hydrogen) atoms. The van der Waals surface area contributed by atoms with Crippen molar-refractivity contribution in [1.82, 2.24) is 0 Å². The number of rotatable bonds is 7. The van der Waals surface area contributed by atoms with Gasteiger partial charge in [0.15, 0.2) is 0 Å². The third-order valence-electron chi connectivity index (χ3n) is 5.11. The number of nitrogens with zero attached hydrogens (tertiary/aromatic N) is 1. The third kappa shape index (κ3) is 4.62. The smallest absolute Gasteiger partial charge is 0.341 e. The monoisotopic (exact) mass is 419 g/mol. The lowest BCUT2D eigenvalue weighted by Crippen LogP contribution is -2.09. The second kappa shape index (κ2) is 9.72. The lowest BCUT2D eigenvalue weighted by molar-refractivity contribution is 0.0526. The fraction of sp³-hybridized carbons (Fsp3) is 0.280. The predicted octanol–water partition coefficient (Wildman–Crippen LogP) is 6.13. The first-order valence-corrected chi connectivity index (χ1v) is 11.2. The van der Waals surface area contributed by atoms with Gasteiger partial charge in [0, 0.05) is 16.7 Å². The molecule has 154 valence electrons. The van der Waals surface area contributed by atoms with Gasteiger partial charge < -0.3 is 9.47 Å². The van der Waals surface area contributed by atoms with Crippen molar-refractivity contribution in [3.05, 3.63) is 81.7 Å². The number of aliphatic imine (C=N–C) groups is 1. The van der Waals surface area contributed by atoms with Crippen LogP contribution in [-0.4, -0.2) is 18.8 Å². The first-order chi connectivity index (χ1) is 14.8. The molecule has 0 aliphatic heterocycles. The molecule has 0 spiro atoms. The minimum atomic E-state index is -0.266.